The topological polar surface area (TPSA) is 58.6 Å². The van der Waals surface area contributed by atoms with Crippen molar-refractivity contribution in [3.05, 3.63) is 12.2 Å². The van der Waals surface area contributed by atoms with Gasteiger partial charge in [-0.25, -0.2) is 4.79 Å². The zero-order valence-electron chi connectivity index (χ0n) is 11.4. The van der Waals surface area contributed by atoms with E-state index in [1.165, 1.54) is 0 Å². The molecule has 3 atom stereocenters. The first-order valence-electron chi connectivity index (χ1n) is 6.61. The fourth-order valence-corrected chi connectivity index (χ4v) is 3.06. The number of nitrogens with one attached hydrogen (secondary N) is 1. The summed E-state index contributed by atoms with van der Waals surface area (Å²) in [7, 11) is 0. The summed E-state index contributed by atoms with van der Waals surface area (Å²) in [6, 6.07) is 0. The monoisotopic (exact) mass is 253 g/mol. The van der Waals surface area contributed by atoms with Crippen LogP contribution in [0.1, 0.15) is 33.6 Å². The van der Waals surface area contributed by atoms with E-state index in [9.17, 15) is 9.90 Å². The molecule has 0 aliphatic heterocycles. The van der Waals surface area contributed by atoms with Crippen molar-refractivity contribution >= 4 is 6.09 Å². The Kier molecular flexibility index (Phi) is 3.41. The Bertz CT molecular complexity index is 359. The highest BCUT2D eigenvalue weighted by atomic mass is 16.6. The summed E-state index contributed by atoms with van der Waals surface area (Å²) in [6.45, 7) is 6.14. The van der Waals surface area contributed by atoms with Gasteiger partial charge in [-0.2, -0.15) is 0 Å². The third-order valence-corrected chi connectivity index (χ3v) is 3.93. The van der Waals surface area contributed by atoms with Gasteiger partial charge >= 0.3 is 6.09 Å². The molecule has 2 bridgehead atoms. The summed E-state index contributed by atoms with van der Waals surface area (Å²) in [5.41, 5.74) is -0.665. The van der Waals surface area contributed by atoms with Crippen LogP contribution in [0.3, 0.4) is 0 Å². The van der Waals surface area contributed by atoms with Gasteiger partial charge in [-0.3, -0.25) is 0 Å². The number of carbonyl (C=O) groups is 1. The van der Waals surface area contributed by atoms with Gasteiger partial charge in [0.1, 0.15) is 5.60 Å². The Morgan fingerprint density at radius 2 is 2.22 bits per heavy atom. The van der Waals surface area contributed by atoms with E-state index in [0.29, 0.717) is 18.4 Å². The van der Waals surface area contributed by atoms with E-state index in [1.807, 2.05) is 20.8 Å². The second-order valence-electron chi connectivity index (χ2n) is 6.57. The summed E-state index contributed by atoms with van der Waals surface area (Å²) in [5.74, 6) is 0.963. The Morgan fingerprint density at radius 1 is 1.50 bits per heavy atom. The van der Waals surface area contributed by atoms with E-state index in [0.717, 1.165) is 12.8 Å². The molecule has 0 radical (unpaired) electrons. The largest absolute Gasteiger partial charge is 0.444 e. The number of amides is 1. The molecule has 102 valence electrons. The molecular weight excluding hydrogens is 230 g/mol. The first kappa shape index (κ1) is 13.4. The zero-order chi connectivity index (χ0) is 13.4. The molecule has 1 saturated carbocycles. The van der Waals surface area contributed by atoms with Gasteiger partial charge in [0.15, 0.2) is 0 Å². The standard InChI is InChI=1S/C14H23NO3/c1-13(2,3)18-12(17)15-8-14(9-16)7-10-4-5-11(14)6-10/h4-5,10-11,16H,6-9H2,1-3H3,(H,15,17). The molecule has 4 nitrogen and oxygen atoms in total. The molecule has 2 aliphatic carbocycles. The molecule has 2 aliphatic rings. The molecule has 0 saturated heterocycles. The highest BCUT2D eigenvalue weighted by Crippen LogP contribution is 2.51. The van der Waals surface area contributed by atoms with E-state index in [-0.39, 0.29) is 12.0 Å². The van der Waals surface area contributed by atoms with Crippen LogP contribution in [-0.2, 0) is 4.74 Å². The van der Waals surface area contributed by atoms with Crippen molar-refractivity contribution < 1.29 is 14.6 Å². The minimum Gasteiger partial charge on any atom is -0.444 e. The van der Waals surface area contributed by atoms with Crippen LogP contribution in [0.2, 0.25) is 0 Å². The maximum absolute atomic E-state index is 11.6. The van der Waals surface area contributed by atoms with Crippen molar-refractivity contribution in [2.24, 2.45) is 17.3 Å². The van der Waals surface area contributed by atoms with Crippen LogP contribution < -0.4 is 5.32 Å². The molecule has 1 amide bonds. The lowest BCUT2D eigenvalue weighted by Crippen LogP contribution is -2.44. The number of rotatable bonds is 3. The van der Waals surface area contributed by atoms with E-state index >= 15 is 0 Å². The summed E-state index contributed by atoms with van der Waals surface area (Å²) in [5, 5.41) is 12.5. The van der Waals surface area contributed by atoms with Crippen LogP contribution in [0, 0.1) is 17.3 Å². The minimum absolute atomic E-state index is 0.119. The predicted molar refractivity (Wildman–Crippen MR) is 69.1 cm³/mol. The number of ether oxygens (including phenoxy) is 1. The van der Waals surface area contributed by atoms with Gasteiger partial charge in [-0.05, 0) is 45.4 Å². The third kappa shape index (κ3) is 2.69. The molecular formula is C14H23NO3. The van der Waals surface area contributed by atoms with Crippen molar-refractivity contribution in [2.75, 3.05) is 13.2 Å². The lowest BCUT2D eigenvalue weighted by molar-refractivity contribution is 0.0435. The lowest BCUT2D eigenvalue weighted by Gasteiger charge is -2.34. The number of fused-ring (bicyclic) bond motifs is 2. The van der Waals surface area contributed by atoms with Crippen molar-refractivity contribution in [3.8, 4) is 0 Å². The van der Waals surface area contributed by atoms with Crippen molar-refractivity contribution in [1.29, 1.82) is 0 Å². The van der Waals surface area contributed by atoms with Crippen LogP contribution in [0.5, 0.6) is 0 Å². The molecule has 2 rings (SSSR count). The van der Waals surface area contributed by atoms with Crippen molar-refractivity contribution in [3.63, 3.8) is 0 Å². The smallest absolute Gasteiger partial charge is 0.407 e. The van der Waals surface area contributed by atoms with Gasteiger partial charge in [-0.15, -0.1) is 0 Å². The molecule has 4 heteroatoms. The maximum atomic E-state index is 11.6. The molecule has 0 heterocycles. The second kappa shape index (κ2) is 4.57. The van der Waals surface area contributed by atoms with Gasteiger partial charge in [0.25, 0.3) is 0 Å². The zero-order valence-corrected chi connectivity index (χ0v) is 11.4. The minimum atomic E-state index is -0.481. The van der Waals surface area contributed by atoms with Gasteiger partial charge in [0.05, 0.1) is 6.61 Å². The predicted octanol–water partition coefficient (Wildman–Crippen LogP) is 2.09. The van der Waals surface area contributed by atoms with Crippen LogP contribution in [-0.4, -0.2) is 30.0 Å². The van der Waals surface area contributed by atoms with Crippen LogP contribution in [0.15, 0.2) is 12.2 Å². The summed E-state index contributed by atoms with van der Waals surface area (Å²) in [6.07, 6.45) is 6.08. The number of aliphatic hydroxyl groups excluding tert-OH is 1. The first-order valence-corrected chi connectivity index (χ1v) is 6.61. The summed E-state index contributed by atoms with van der Waals surface area (Å²) < 4.78 is 5.22. The number of hydrogen-bond donors (Lipinski definition) is 2. The molecule has 2 N–H and O–H groups in total. The molecule has 18 heavy (non-hydrogen) atoms. The molecule has 0 spiro atoms. The number of allylic oxidation sites excluding steroid dienone is 2. The second-order valence-corrected chi connectivity index (χ2v) is 6.57. The summed E-state index contributed by atoms with van der Waals surface area (Å²) >= 11 is 0. The molecule has 0 aromatic heterocycles. The summed E-state index contributed by atoms with van der Waals surface area (Å²) in [4.78, 5) is 11.6. The molecule has 0 aromatic carbocycles. The Balaban J connectivity index is 1.89. The number of carbonyl (C=O) groups excluding carboxylic acids is 1. The van der Waals surface area contributed by atoms with Crippen molar-refractivity contribution in [2.45, 2.75) is 39.2 Å². The number of hydrogen-bond acceptors (Lipinski definition) is 3. The highest BCUT2D eigenvalue weighted by molar-refractivity contribution is 5.67. The Hall–Kier alpha value is -1.03. The fraction of sp³-hybridized carbons (Fsp3) is 0.786. The lowest BCUT2D eigenvalue weighted by atomic mass is 9.76. The Morgan fingerprint density at radius 3 is 2.67 bits per heavy atom. The fourth-order valence-electron chi connectivity index (χ4n) is 3.06. The molecule has 0 aromatic rings. The first-order chi connectivity index (χ1) is 8.35. The number of aliphatic hydroxyl groups is 1. The van der Waals surface area contributed by atoms with E-state index in [4.69, 9.17) is 4.74 Å². The van der Waals surface area contributed by atoms with Gasteiger partial charge in [0, 0.05) is 12.0 Å². The normalized spacial score (nSPS) is 33.8. The molecule has 1 fully saturated rings. The van der Waals surface area contributed by atoms with E-state index in [2.05, 4.69) is 17.5 Å². The van der Waals surface area contributed by atoms with Gasteiger partial charge < -0.3 is 15.2 Å². The average molecular weight is 253 g/mol. The Labute approximate surface area is 108 Å². The van der Waals surface area contributed by atoms with Gasteiger partial charge in [-0.1, -0.05) is 12.2 Å². The van der Waals surface area contributed by atoms with Crippen LogP contribution in [0.25, 0.3) is 0 Å². The van der Waals surface area contributed by atoms with Crippen molar-refractivity contribution in [1.82, 2.24) is 5.32 Å². The molecule has 3 unspecified atom stereocenters. The van der Waals surface area contributed by atoms with E-state index < -0.39 is 11.7 Å². The average Bonchev–Trinajstić information content (AvgIpc) is 2.84. The maximum Gasteiger partial charge on any atom is 0.407 e. The van der Waals surface area contributed by atoms with Crippen LogP contribution >= 0.6 is 0 Å². The third-order valence-electron chi connectivity index (χ3n) is 3.93. The number of alkyl carbamates (subject to hydrolysis) is 1. The van der Waals surface area contributed by atoms with Gasteiger partial charge in [0.2, 0.25) is 0 Å². The SMILES string of the molecule is CC(C)(C)OC(=O)NCC1(CO)CC2C=CC1C2. The highest BCUT2D eigenvalue weighted by Gasteiger charge is 2.48. The van der Waals surface area contributed by atoms with Crippen LogP contribution in [0.4, 0.5) is 4.79 Å². The quantitative estimate of drug-likeness (QED) is 0.757. The van der Waals surface area contributed by atoms with E-state index in [1.54, 1.807) is 0 Å².